The first-order valence-corrected chi connectivity index (χ1v) is 5.42. The third-order valence-corrected chi connectivity index (χ3v) is 2.62. The van der Waals surface area contributed by atoms with Gasteiger partial charge in [-0.15, -0.1) is 0 Å². The van der Waals surface area contributed by atoms with Crippen LogP contribution in [-0.4, -0.2) is 22.9 Å². The number of rotatable bonds is 4. The van der Waals surface area contributed by atoms with Crippen LogP contribution in [0.1, 0.15) is 32.4 Å². The Hall–Kier alpha value is -1.16. The standard InChI is InChI=1S/C11H15ClN2O2/c1-6(2)9(7(3)15)10-8(12)5-13-11(14-10)16-4/h5-6,9H,1-4H3. The number of hydrogen-bond donors (Lipinski definition) is 0. The number of methoxy groups -OCH3 is 1. The Morgan fingerprint density at radius 2 is 2.12 bits per heavy atom. The number of hydrogen-bond acceptors (Lipinski definition) is 4. The molecule has 0 spiro atoms. The minimum absolute atomic E-state index is 0.0395. The second-order valence-corrected chi connectivity index (χ2v) is 4.33. The molecule has 5 heteroatoms. The topological polar surface area (TPSA) is 52.1 Å². The minimum atomic E-state index is -0.315. The van der Waals surface area contributed by atoms with E-state index in [2.05, 4.69) is 9.97 Å². The Labute approximate surface area is 100 Å². The van der Waals surface area contributed by atoms with Crippen LogP contribution in [0.5, 0.6) is 6.01 Å². The maximum absolute atomic E-state index is 11.6. The zero-order chi connectivity index (χ0) is 12.3. The van der Waals surface area contributed by atoms with Crippen molar-refractivity contribution >= 4 is 17.4 Å². The van der Waals surface area contributed by atoms with Gasteiger partial charge in [0, 0.05) is 0 Å². The van der Waals surface area contributed by atoms with Crippen LogP contribution >= 0.6 is 11.6 Å². The third kappa shape index (κ3) is 2.70. The van der Waals surface area contributed by atoms with Crippen LogP contribution < -0.4 is 4.74 Å². The van der Waals surface area contributed by atoms with E-state index < -0.39 is 0 Å². The van der Waals surface area contributed by atoms with E-state index in [9.17, 15) is 4.79 Å². The second-order valence-electron chi connectivity index (χ2n) is 3.92. The summed E-state index contributed by atoms with van der Waals surface area (Å²) in [7, 11) is 1.48. The number of nitrogens with zero attached hydrogens (tertiary/aromatic N) is 2. The lowest BCUT2D eigenvalue weighted by atomic mass is 9.89. The van der Waals surface area contributed by atoms with Crippen LogP contribution in [0.4, 0.5) is 0 Å². The summed E-state index contributed by atoms with van der Waals surface area (Å²) in [6.07, 6.45) is 1.46. The summed E-state index contributed by atoms with van der Waals surface area (Å²) < 4.78 is 4.93. The van der Waals surface area contributed by atoms with Gasteiger partial charge in [-0.3, -0.25) is 4.79 Å². The molecule has 0 radical (unpaired) electrons. The second kappa shape index (κ2) is 5.25. The highest BCUT2D eigenvalue weighted by Gasteiger charge is 2.25. The van der Waals surface area contributed by atoms with Gasteiger partial charge in [0.1, 0.15) is 5.78 Å². The first kappa shape index (κ1) is 12.9. The molecule has 0 aliphatic carbocycles. The molecule has 1 aromatic rings. The van der Waals surface area contributed by atoms with Crippen molar-refractivity contribution in [2.45, 2.75) is 26.7 Å². The largest absolute Gasteiger partial charge is 0.467 e. The SMILES string of the molecule is COc1ncc(Cl)c(C(C(C)=O)C(C)C)n1. The summed E-state index contributed by atoms with van der Waals surface area (Å²) in [6, 6.07) is 0.228. The van der Waals surface area contributed by atoms with E-state index >= 15 is 0 Å². The molecule has 88 valence electrons. The third-order valence-electron chi connectivity index (χ3n) is 2.33. The first-order chi connectivity index (χ1) is 7.47. The average molecular weight is 243 g/mol. The van der Waals surface area contributed by atoms with Gasteiger partial charge in [-0.25, -0.2) is 4.98 Å². The molecule has 1 heterocycles. The molecule has 0 fully saturated rings. The van der Waals surface area contributed by atoms with Crippen molar-refractivity contribution in [2.24, 2.45) is 5.92 Å². The van der Waals surface area contributed by atoms with Crippen molar-refractivity contribution in [2.75, 3.05) is 7.11 Å². The Kier molecular flexibility index (Phi) is 4.24. The van der Waals surface area contributed by atoms with E-state index in [-0.39, 0.29) is 23.6 Å². The van der Waals surface area contributed by atoms with Gasteiger partial charge in [-0.2, -0.15) is 4.98 Å². The normalized spacial score (nSPS) is 12.6. The van der Waals surface area contributed by atoms with E-state index in [0.29, 0.717) is 10.7 Å². The van der Waals surface area contributed by atoms with Crippen LogP contribution in [-0.2, 0) is 4.79 Å². The highest BCUT2D eigenvalue weighted by molar-refractivity contribution is 6.31. The van der Waals surface area contributed by atoms with E-state index in [1.807, 2.05) is 13.8 Å². The number of ketones is 1. The van der Waals surface area contributed by atoms with Gasteiger partial charge in [0.25, 0.3) is 0 Å². The minimum Gasteiger partial charge on any atom is -0.467 e. The molecule has 1 rings (SSSR count). The molecule has 0 amide bonds. The quantitative estimate of drug-likeness (QED) is 0.814. The van der Waals surface area contributed by atoms with Crippen molar-refractivity contribution in [3.63, 3.8) is 0 Å². The lowest BCUT2D eigenvalue weighted by molar-refractivity contribution is -0.119. The van der Waals surface area contributed by atoms with Crippen LogP contribution in [0, 0.1) is 5.92 Å². The van der Waals surface area contributed by atoms with Gasteiger partial charge >= 0.3 is 6.01 Å². The molecule has 0 aromatic carbocycles. The first-order valence-electron chi connectivity index (χ1n) is 5.04. The maximum Gasteiger partial charge on any atom is 0.316 e. The Balaban J connectivity index is 3.22. The molecule has 0 N–H and O–H groups in total. The molecule has 0 saturated carbocycles. The molecule has 1 aromatic heterocycles. The molecule has 4 nitrogen and oxygen atoms in total. The van der Waals surface area contributed by atoms with Gasteiger partial charge in [0.05, 0.1) is 29.9 Å². The summed E-state index contributed by atoms with van der Waals surface area (Å²) in [5, 5.41) is 0.398. The van der Waals surface area contributed by atoms with Crippen molar-refractivity contribution in [1.82, 2.24) is 9.97 Å². The molecule has 0 aliphatic rings. The van der Waals surface area contributed by atoms with Crippen molar-refractivity contribution in [3.8, 4) is 6.01 Å². The van der Waals surface area contributed by atoms with E-state index in [1.165, 1.54) is 20.2 Å². The predicted octanol–water partition coefficient (Wildman–Crippen LogP) is 2.47. The molecule has 0 saturated heterocycles. The van der Waals surface area contributed by atoms with Crippen LogP contribution in [0.2, 0.25) is 5.02 Å². The van der Waals surface area contributed by atoms with Crippen molar-refractivity contribution < 1.29 is 9.53 Å². The van der Waals surface area contributed by atoms with Gasteiger partial charge in [0.2, 0.25) is 0 Å². The van der Waals surface area contributed by atoms with E-state index in [1.54, 1.807) is 0 Å². The highest BCUT2D eigenvalue weighted by atomic mass is 35.5. The molecular formula is C11H15ClN2O2. The summed E-state index contributed by atoms with van der Waals surface area (Å²) in [5.74, 6) is -0.142. The predicted molar refractivity (Wildman–Crippen MR) is 61.9 cm³/mol. The fraction of sp³-hybridized carbons (Fsp3) is 0.545. The summed E-state index contributed by atoms with van der Waals surface area (Å²) in [5.41, 5.74) is 0.538. The lowest BCUT2D eigenvalue weighted by Gasteiger charge is -2.18. The number of carbonyl (C=O) groups is 1. The van der Waals surface area contributed by atoms with Gasteiger partial charge < -0.3 is 4.74 Å². The van der Waals surface area contributed by atoms with Crippen LogP contribution in [0.3, 0.4) is 0 Å². The number of halogens is 1. The number of aromatic nitrogens is 2. The maximum atomic E-state index is 11.6. The fourth-order valence-corrected chi connectivity index (χ4v) is 1.87. The summed E-state index contributed by atoms with van der Waals surface area (Å²) in [6.45, 7) is 5.45. The monoisotopic (exact) mass is 242 g/mol. The smallest absolute Gasteiger partial charge is 0.316 e. The zero-order valence-corrected chi connectivity index (χ0v) is 10.6. The van der Waals surface area contributed by atoms with E-state index in [4.69, 9.17) is 16.3 Å². The number of Topliss-reactive ketones (excluding diaryl/α,β-unsaturated/α-hetero) is 1. The van der Waals surface area contributed by atoms with Gasteiger partial charge in [-0.1, -0.05) is 25.4 Å². The Morgan fingerprint density at radius 3 is 2.56 bits per heavy atom. The average Bonchev–Trinajstić information content (AvgIpc) is 2.20. The van der Waals surface area contributed by atoms with Crippen LogP contribution in [0.15, 0.2) is 6.20 Å². The van der Waals surface area contributed by atoms with Crippen molar-refractivity contribution in [3.05, 3.63) is 16.9 Å². The number of ether oxygens (including phenoxy) is 1. The molecule has 1 atom stereocenters. The Morgan fingerprint density at radius 1 is 1.50 bits per heavy atom. The molecule has 0 bridgehead atoms. The molecule has 1 unspecified atom stereocenters. The van der Waals surface area contributed by atoms with Crippen LogP contribution in [0.25, 0.3) is 0 Å². The van der Waals surface area contributed by atoms with Crippen molar-refractivity contribution in [1.29, 1.82) is 0 Å². The van der Waals surface area contributed by atoms with E-state index in [0.717, 1.165) is 0 Å². The molecular weight excluding hydrogens is 228 g/mol. The van der Waals surface area contributed by atoms with Gasteiger partial charge in [-0.05, 0) is 12.8 Å². The number of carbonyl (C=O) groups excluding carboxylic acids is 1. The summed E-state index contributed by atoms with van der Waals surface area (Å²) >= 11 is 6.00. The highest BCUT2D eigenvalue weighted by Crippen LogP contribution is 2.30. The molecule has 0 aliphatic heterocycles. The lowest BCUT2D eigenvalue weighted by Crippen LogP contribution is -2.17. The summed E-state index contributed by atoms with van der Waals surface area (Å²) in [4.78, 5) is 19.6. The zero-order valence-electron chi connectivity index (χ0n) is 9.82. The Bertz CT molecular complexity index is 394. The van der Waals surface area contributed by atoms with Gasteiger partial charge in [0.15, 0.2) is 0 Å². The molecule has 16 heavy (non-hydrogen) atoms. The fourth-order valence-electron chi connectivity index (χ4n) is 1.66.